The van der Waals surface area contributed by atoms with Crippen molar-refractivity contribution in [2.45, 2.75) is 43.2 Å². The van der Waals surface area contributed by atoms with E-state index in [0.29, 0.717) is 30.0 Å². The summed E-state index contributed by atoms with van der Waals surface area (Å²) in [5.74, 6) is 0.844. The van der Waals surface area contributed by atoms with Crippen molar-refractivity contribution in [1.82, 2.24) is 15.5 Å². The zero-order valence-corrected chi connectivity index (χ0v) is 16.3. The molecule has 2 atom stereocenters. The van der Waals surface area contributed by atoms with Crippen LogP contribution in [0.2, 0.25) is 0 Å². The molecule has 0 radical (unpaired) electrons. The molecule has 0 spiro atoms. The third-order valence-corrected chi connectivity index (χ3v) is 5.77. The molecule has 0 aliphatic carbocycles. The van der Waals surface area contributed by atoms with Gasteiger partial charge in [0, 0.05) is 11.3 Å². The van der Waals surface area contributed by atoms with E-state index in [4.69, 9.17) is 4.42 Å². The van der Waals surface area contributed by atoms with Gasteiger partial charge in [-0.3, -0.25) is 4.79 Å². The largest absolute Gasteiger partial charge is 0.416 e. The van der Waals surface area contributed by atoms with Crippen molar-refractivity contribution in [3.8, 4) is 0 Å². The molecule has 0 fully saturated rings. The lowest BCUT2D eigenvalue weighted by molar-refractivity contribution is -0.120. The highest BCUT2D eigenvalue weighted by atomic mass is 32.2. The predicted octanol–water partition coefficient (Wildman–Crippen LogP) is 4.27. The van der Waals surface area contributed by atoms with Gasteiger partial charge in [-0.05, 0) is 29.9 Å². The molecule has 2 unspecified atom stereocenters. The number of nitrogens with one attached hydrogen (secondary N) is 1. The molecule has 0 saturated carbocycles. The Balaban J connectivity index is 1.50. The number of hydrogen-bond acceptors (Lipinski definition) is 6. The van der Waals surface area contributed by atoms with Gasteiger partial charge < -0.3 is 9.73 Å². The fourth-order valence-corrected chi connectivity index (χ4v) is 3.84. The van der Waals surface area contributed by atoms with Gasteiger partial charge in [0.1, 0.15) is 0 Å². The van der Waals surface area contributed by atoms with Gasteiger partial charge in [0.2, 0.25) is 11.8 Å². The highest BCUT2D eigenvalue weighted by Crippen LogP contribution is 2.25. The first-order valence-electron chi connectivity index (χ1n) is 8.46. The summed E-state index contributed by atoms with van der Waals surface area (Å²) >= 11 is 2.91. The smallest absolute Gasteiger partial charge is 0.277 e. The second-order valence-electron chi connectivity index (χ2n) is 6.03. The number of carbonyl (C=O) groups excluding carboxylic acids is 1. The summed E-state index contributed by atoms with van der Waals surface area (Å²) in [7, 11) is 0. The van der Waals surface area contributed by atoms with Gasteiger partial charge in [0.25, 0.3) is 5.22 Å². The number of benzene rings is 1. The average Bonchev–Trinajstić information content (AvgIpc) is 3.32. The van der Waals surface area contributed by atoms with Crippen LogP contribution in [0.25, 0.3) is 0 Å². The fraction of sp³-hybridized carbons (Fsp3) is 0.316. The minimum atomic E-state index is -0.296. The van der Waals surface area contributed by atoms with Crippen molar-refractivity contribution in [2.75, 3.05) is 0 Å². The summed E-state index contributed by atoms with van der Waals surface area (Å²) in [5.41, 5.74) is 1.24. The Labute approximate surface area is 161 Å². The molecule has 1 aromatic carbocycles. The number of aromatic nitrogens is 2. The predicted molar refractivity (Wildman–Crippen MR) is 104 cm³/mol. The number of rotatable bonds is 8. The van der Waals surface area contributed by atoms with Crippen molar-refractivity contribution in [2.24, 2.45) is 0 Å². The van der Waals surface area contributed by atoms with Crippen LogP contribution in [0.5, 0.6) is 0 Å². The van der Waals surface area contributed by atoms with Crippen LogP contribution in [-0.4, -0.2) is 21.4 Å². The van der Waals surface area contributed by atoms with E-state index in [1.54, 1.807) is 11.3 Å². The first-order valence-corrected chi connectivity index (χ1v) is 10.2. The molecular formula is C19H21N3O2S2. The number of thiophene rings is 1. The van der Waals surface area contributed by atoms with Gasteiger partial charge in [-0.25, -0.2) is 0 Å². The lowest BCUT2D eigenvalue weighted by Gasteiger charge is -2.09. The molecule has 26 heavy (non-hydrogen) atoms. The molecule has 0 aliphatic rings. The van der Waals surface area contributed by atoms with E-state index < -0.39 is 0 Å². The summed E-state index contributed by atoms with van der Waals surface area (Å²) in [5, 5.41) is 13.2. The number of nitrogens with zero attached hydrogens (tertiary/aromatic N) is 2. The number of carbonyl (C=O) groups is 1. The molecule has 1 amide bonds. The second-order valence-corrected chi connectivity index (χ2v) is 8.36. The van der Waals surface area contributed by atoms with Gasteiger partial charge in [-0.15, -0.1) is 21.5 Å². The maximum atomic E-state index is 12.2. The van der Waals surface area contributed by atoms with Gasteiger partial charge in [-0.2, -0.15) is 0 Å². The van der Waals surface area contributed by atoms with Crippen LogP contribution >= 0.6 is 23.1 Å². The molecule has 7 heteroatoms. The summed E-state index contributed by atoms with van der Waals surface area (Å²) in [6, 6.07) is 14.2. The van der Waals surface area contributed by atoms with Crippen molar-refractivity contribution >= 4 is 29.0 Å². The highest BCUT2D eigenvalue weighted by molar-refractivity contribution is 8.00. The van der Waals surface area contributed by atoms with Crippen LogP contribution in [0.1, 0.15) is 36.1 Å². The summed E-state index contributed by atoms with van der Waals surface area (Å²) in [4.78, 5) is 13.3. The molecular weight excluding hydrogens is 366 g/mol. The topological polar surface area (TPSA) is 68.0 Å². The minimum absolute atomic E-state index is 0.0409. The Morgan fingerprint density at radius 2 is 2.00 bits per heavy atom. The Kier molecular flexibility index (Phi) is 6.46. The van der Waals surface area contributed by atoms with E-state index in [2.05, 4.69) is 34.6 Å². The lowest BCUT2D eigenvalue weighted by Crippen LogP contribution is -2.30. The van der Waals surface area contributed by atoms with Crippen molar-refractivity contribution in [1.29, 1.82) is 0 Å². The van der Waals surface area contributed by atoms with Crippen molar-refractivity contribution in [3.05, 3.63) is 64.2 Å². The van der Waals surface area contributed by atoms with Crippen LogP contribution in [0.4, 0.5) is 0 Å². The molecule has 2 heterocycles. The van der Waals surface area contributed by atoms with Crippen LogP contribution in [-0.2, 0) is 17.8 Å². The molecule has 1 N–H and O–H groups in total. The molecule has 2 aromatic heterocycles. The molecule has 0 saturated heterocycles. The second kappa shape index (κ2) is 9.00. The van der Waals surface area contributed by atoms with E-state index in [1.165, 1.54) is 17.3 Å². The van der Waals surface area contributed by atoms with Gasteiger partial charge in [0.15, 0.2) is 0 Å². The zero-order valence-electron chi connectivity index (χ0n) is 14.7. The molecule has 5 nitrogen and oxygen atoms in total. The number of amides is 1. The van der Waals surface area contributed by atoms with E-state index in [-0.39, 0.29) is 11.2 Å². The Morgan fingerprint density at radius 1 is 1.19 bits per heavy atom. The quantitative estimate of drug-likeness (QED) is 0.585. The van der Waals surface area contributed by atoms with Gasteiger partial charge in [0.05, 0.1) is 11.8 Å². The summed E-state index contributed by atoms with van der Waals surface area (Å²) in [6.45, 7) is 4.52. The van der Waals surface area contributed by atoms with Crippen molar-refractivity contribution < 1.29 is 9.21 Å². The van der Waals surface area contributed by atoms with Crippen LogP contribution in [0.3, 0.4) is 0 Å². The lowest BCUT2D eigenvalue weighted by atomic mass is 9.98. The van der Waals surface area contributed by atoms with Crippen LogP contribution in [0.15, 0.2) is 57.5 Å². The standard InChI is InChI=1S/C19H21N3O2S2/c1-13(15-7-4-3-5-8-15)11-17-21-22-19(24-17)26-14(2)18(23)20-12-16-9-6-10-25-16/h3-10,13-14H,11-12H2,1-2H3,(H,20,23). The first kappa shape index (κ1) is 18.7. The Morgan fingerprint density at radius 3 is 2.73 bits per heavy atom. The normalized spacial score (nSPS) is 13.3. The maximum Gasteiger partial charge on any atom is 0.277 e. The van der Waals surface area contributed by atoms with E-state index in [1.807, 2.05) is 42.6 Å². The molecule has 136 valence electrons. The molecule has 0 aliphatic heterocycles. The van der Waals surface area contributed by atoms with E-state index in [9.17, 15) is 4.79 Å². The summed E-state index contributed by atoms with van der Waals surface area (Å²) in [6.07, 6.45) is 0.677. The maximum absolute atomic E-state index is 12.2. The zero-order chi connectivity index (χ0) is 18.4. The monoisotopic (exact) mass is 387 g/mol. The van der Waals surface area contributed by atoms with Crippen LogP contribution in [0, 0.1) is 0 Å². The van der Waals surface area contributed by atoms with E-state index >= 15 is 0 Å². The third kappa shape index (κ3) is 5.19. The number of hydrogen-bond donors (Lipinski definition) is 1. The average molecular weight is 388 g/mol. The fourth-order valence-electron chi connectivity index (χ4n) is 2.47. The highest BCUT2D eigenvalue weighted by Gasteiger charge is 2.19. The number of thioether (sulfide) groups is 1. The minimum Gasteiger partial charge on any atom is -0.416 e. The Hall–Kier alpha value is -2.12. The first-order chi connectivity index (χ1) is 12.6. The molecule has 0 bridgehead atoms. The van der Waals surface area contributed by atoms with Gasteiger partial charge >= 0.3 is 0 Å². The van der Waals surface area contributed by atoms with Crippen molar-refractivity contribution in [3.63, 3.8) is 0 Å². The SMILES string of the molecule is CC(Sc1nnc(CC(C)c2ccccc2)o1)C(=O)NCc1cccs1. The van der Waals surface area contributed by atoms with Crippen LogP contribution < -0.4 is 5.32 Å². The molecule has 3 rings (SSSR count). The molecule has 3 aromatic rings. The third-order valence-electron chi connectivity index (χ3n) is 3.96. The van der Waals surface area contributed by atoms with Gasteiger partial charge in [-0.1, -0.05) is 55.1 Å². The summed E-state index contributed by atoms with van der Waals surface area (Å²) < 4.78 is 5.71. The van der Waals surface area contributed by atoms with E-state index in [0.717, 1.165) is 4.88 Å². The Bertz CT molecular complexity index is 818.